The summed E-state index contributed by atoms with van der Waals surface area (Å²) in [6, 6.07) is 1.95. The van der Waals surface area contributed by atoms with Crippen molar-refractivity contribution >= 4 is 17.2 Å². The Kier molecular flexibility index (Phi) is 4.86. The highest BCUT2D eigenvalue weighted by atomic mass is 32.1. The van der Waals surface area contributed by atoms with Gasteiger partial charge < -0.3 is 10.4 Å². The predicted octanol–water partition coefficient (Wildman–Crippen LogP) is 3.29. The van der Waals surface area contributed by atoms with E-state index in [1.54, 1.807) is 11.3 Å². The van der Waals surface area contributed by atoms with Crippen LogP contribution in [0.1, 0.15) is 59.6 Å². The van der Waals surface area contributed by atoms with Crippen molar-refractivity contribution in [1.29, 1.82) is 0 Å². The average Bonchev–Trinajstić information content (AvgIpc) is 2.81. The molecule has 0 aliphatic heterocycles. The van der Waals surface area contributed by atoms with Crippen molar-refractivity contribution < 1.29 is 9.90 Å². The van der Waals surface area contributed by atoms with Gasteiger partial charge in [-0.25, -0.2) is 0 Å². The van der Waals surface area contributed by atoms with Crippen LogP contribution in [0.2, 0.25) is 0 Å². The maximum absolute atomic E-state index is 12.2. The van der Waals surface area contributed by atoms with Gasteiger partial charge in [0.2, 0.25) is 0 Å². The Morgan fingerprint density at radius 2 is 2.15 bits per heavy atom. The molecule has 0 unspecified atom stereocenters. The van der Waals surface area contributed by atoms with Crippen LogP contribution >= 0.6 is 11.3 Å². The maximum Gasteiger partial charge on any atom is 0.261 e. The number of hydrogen-bond donors (Lipinski definition) is 2. The van der Waals surface area contributed by atoms with Gasteiger partial charge in [0.25, 0.3) is 5.91 Å². The number of amides is 1. The molecular weight excluding hydrogens is 270 g/mol. The number of nitrogens with one attached hydrogen (secondary N) is 1. The largest absolute Gasteiger partial charge is 0.388 e. The normalized spacial score (nSPS) is 26.5. The molecule has 1 amide bonds. The molecule has 20 heavy (non-hydrogen) atoms. The maximum atomic E-state index is 12.2. The van der Waals surface area contributed by atoms with Gasteiger partial charge in [-0.2, -0.15) is 0 Å². The SMILES string of the molecule is CCc1sc(C(=O)NCC2(O)CCC(C)CC2)cc1C. The summed E-state index contributed by atoms with van der Waals surface area (Å²) in [4.78, 5) is 14.2. The Labute approximate surface area is 125 Å². The molecule has 1 saturated carbocycles. The van der Waals surface area contributed by atoms with Gasteiger partial charge in [-0.15, -0.1) is 11.3 Å². The Morgan fingerprint density at radius 1 is 1.50 bits per heavy atom. The molecule has 1 heterocycles. The van der Waals surface area contributed by atoms with E-state index in [1.165, 1.54) is 10.4 Å². The van der Waals surface area contributed by atoms with E-state index in [0.29, 0.717) is 12.5 Å². The highest BCUT2D eigenvalue weighted by Gasteiger charge is 2.32. The van der Waals surface area contributed by atoms with E-state index in [-0.39, 0.29) is 5.91 Å². The minimum Gasteiger partial charge on any atom is -0.388 e. The number of thiophene rings is 1. The molecule has 2 rings (SSSR count). The quantitative estimate of drug-likeness (QED) is 0.895. The van der Waals surface area contributed by atoms with Gasteiger partial charge in [0.05, 0.1) is 10.5 Å². The first-order valence-corrected chi connectivity index (χ1v) is 8.35. The van der Waals surface area contributed by atoms with Gasteiger partial charge in [-0.1, -0.05) is 13.8 Å². The van der Waals surface area contributed by atoms with Gasteiger partial charge in [-0.3, -0.25) is 4.79 Å². The molecule has 1 aliphatic rings. The Morgan fingerprint density at radius 3 is 2.70 bits per heavy atom. The first-order valence-electron chi connectivity index (χ1n) is 7.53. The molecule has 0 saturated heterocycles. The van der Waals surface area contributed by atoms with E-state index in [2.05, 4.69) is 19.2 Å². The zero-order chi connectivity index (χ0) is 14.8. The Hall–Kier alpha value is -0.870. The fourth-order valence-electron chi connectivity index (χ4n) is 2.79. The lowest BCUT2D eigenvalue weighted by atomic mass is 9.79. The number of carbonyl (C=O) groups excluding carboxylic acids is 1. The van der Waals surface area contributed by atoms with E-state index >= 15 is 0 Å². The van der Waals surface area contributed by atoms with Crippen LogP contribution in [0.15, 0.2) is 6.07 Å². The molecule has 0 aromatic carbocycles. The number of aryl methyl sites for hydroxylation is 2. The van der Waals surface area contributed by atoms with E-state index in [4.69, 9.17) is 0 Å². The van der Waals surface area contributed by atoms with Gasteiger partial charge in [-0.05, 0) is 56.6 Å². The molecule has 0 radical (unpaired) electrons. The fourth-order valence-corrected chi connectivity index (χ4v) is 3.82. The van der Waals surface area contributed by atoms with Crippen LogP contribution in [-0.4, -0.2) is 23.2 Å². The molecule has 0 spiro atoms. The molecule has 0 atom stereocenters. The minimum atomic E-state index is -0.706. The summed E-state index contributed by atoms with van der Waals surface area (Å²) >= 11 is 1.56. The van der Waals surface area contributed by atoms with Crippen LogP contribution in [0.4, 0.5) is 0 Å². The first-order chi connectivity index (χ1) is 9.43. The molecular formula is C16H25NO2S. The smallest absolute Gasteiger partial charge is 0.261 e. The van der Waals surface area contributed by atoms with Gasteiger partial charge in [0.15, 0.2) is 0 Å². The molecule has 1 aromatic rings. The topological polar surface area (TPSA) is 49.3 Å². The third kappa shape index (κ3) is 3.61. The molecule has 4 heteroatoms. The third-order valence-electron chi connectivity index (χ3n) is 4.35. The lowest BCUT2D eigenvalue weighted by Crippen LogP contribution is -2.45. The molecule has 1 fully saturated rings. The van der Waals surface area contributed by atoms with Crippen LogP contribution < -0.4 is 5.32 Å². The van der Waals surface area contributed by atoms with Crippen LogP contribution in [0.25, 0.3) is 0 Å². The molecule has 2 N–H and O–H groups in total. The second kappa shape index (κ2) is 6.27. The van der Waals surface area contributed by atoms with E-state index in [9.17, 15) is 9.90 Å². The monoisotopic (exact) mass is 295 g/mol. The summed E-state index contributed by atoms with van der Waals surface area (Å²) in [5.74, 6) is 0.642. The van der Waals surface area contributed by atoms with Crippen molar-refractivity contribution in [3.8, 4) is 0 Å². The van der Waals surface area contributed by atoms with Crippen molar-refractivity contribution in [2.75, 3.05) is 6.54 Å². The van der Waals surface area contributed by atoms with Gasteiger partial charge in [0.1, 0.15) is 0 Å². The highest BCUT2D eigenvalue weighted by Crippen LogP contribution is 2.31. The molecule has 112 valence electrons. The fraction of sp³-hybridized carbons (Fsp3) is 0.688. The predicted molar refractivity (Wildman–Crippen MR) is 83.3 cm³/mol. The summed E-state index contributed by atoms with van der Waals surface area (Å²) in [6.07, 6.45) is 4.64. The van der Waals surface area contributed by atoms with Gasteiger partial charge >= 0.3 is 0 Å². The number of hydrogen-bond acceptors (Lipinski definition) is 3. The van der Waals surface area contributed by atoms with Crippen molar-refractivity contribution in [3.05, 3.63) is 21.4 Å². The minimum absolute atomic E-state index is 0.0511. The lowest BCUT2D eigenvalue weighted by Gasteiger charge is -2.34. The summed E-state index contributed by atoms with van der Waals surface area (Å²) in [7, 11) is 0. The van der Waals surface area contributed by atoms with E-state index < -0.39 is 5.60 Å². The zero-order valence-electron chi connectivity index (χ0n) is 12.7. The number of carbonyl (C=O) groups is 1. The molecule has 1 aliphatic carbocycles. The standard InChI is InChI=1S/C16H25NO2S/c1-4-13-12(3)9-14(20-13)15(18)17-10-16(19)7-5-11(2)6-8-16/h9,11,19H,4-8,10H2,1-3H3,(H,17,18). The summed E-state index contributed by atoms with van der Waals surface area (Å²) in [6.45, 7) is 6.74. The van der Waals surface area contributed by atoms with Crippen LogP contribution in [-0.2, 0) is 6.42 Å². The zero-order valence-corrected chi connectivity index (χ0v) is 13.5. The van der Waals surface area contributed by atoms with Crippen molar-refractivity contribution in [2.45, 2.75) is 58.5 Å². The highest BCUT2D eigenvalue weighted by molar-refractivity contribution is 7.14. The number of rotatable bonds is 4. The molecule has 0 bridgehead atoms. The van der Waals surface area contributed by atoms with E-state index in [1.807, 2.05) is 13.0 Å². The van der Waals surface area contributed by atoms with Crippen LogP contribution in [0, 0.1) is 12.8 Å². The summed E-state index contributed by atoms with van der Waals surface area (Å²) < 4.78 is 0. The summed E-state index contributed by atoms with van der Waals surface area (Å²) in [5, 5.41) is 13.4. The van der Waals surface area contributed by atoms with Crippen molar-refractivity contribution in [2.24, 2.45) is 5.92 Å². The molecule has 3 nitrogen and oxygen atoms in total. The van der Waals surface area contributed by atoms with Crippen LogP contribution in [0.3, 0.4) is 0 Å². The van der Waals surface area contributed by atoms with Crippen molar-refractivity contribution in [1.82, 2.24) is 5.32 Å². The Bertz CT molecular complexity index is 473. The average molecular weight is 295 g/mol. The third-order valence-corrected chi connectivity index (χ3v) is 5.73. The first kappa shape index (κ1) is 15.5. The van der Waals surface area contributed by atoms with E-state index in [0.717, 1.165) is 37.0 Å². The summed E-state index contributed by atoms with van der Waals surface area (Å²) in [5.41, 5.74) is 0.482. The van der Waals surface area contributed by atoms with Gasteiger partial charge in [0, 0.05) is 11.4 Å². The number of aliphatic hydroxyl groups is 1. The molecule has 1 aromatic heterocycles. The van der Waals surface area contributed by atoms with Crippen LogP contribution in [0.5, 0.6) is 0 Å². The second-order valence-electron chi connectivity index (χ2n) is 6.16. The second-order valence-corrected chi connectivity index (χ2v) is 7.30. The van der Waals surface area contributed by atoms with Crippen molar-refractivity contribution in [3.63, 3.8) is 0 Å². The Balaban J connectivity index is 1.91. The lowest BCUT2D eigenvalue weighted by molar-refractivity contribution is -0.00536.